The van der Waals surface area contributed by atoms with Crippen LogP contribution in [-0.2, 0) is 23.1 Å². The number of aliphatic hydroxyl groups is 1. The molecule has 0 aromatic heterocycles. The minimum atomic E-state index is -4.52. The molecule has 3 rings (SSSR count). The van der Waals surface area contributed by atoms with E-state index in [2.05, 4.69) is 0 Å². The maximum absolute atomic E-state index is 12.9. The molecule has 160 valence electrons. The number of ether oxygens (including phenoxy) is 1. The van der Waals surface area contributed by atoms with Crippen molar-refractivity contribution in [3.63, 3.8) is 0 Å². The average Bonchev–Trinajstić information content (AvgIpc) is 2.72. The quantitative estimate of drug-likeness (QED) is 0.586. The van der Waals surface area contributed by atoms with E-state index in [1.165, 1.54) is 35.2 Å². The van der Waals surface area contributed by atoms with Crippen LogP contribution in [0.1, 0.15) is 29.5 Å². The Morgan fingerprint density at radius 1 is 1.17 bits per heavy atom. The highest BCUT2D eigenvalue weighted by molar-refractivity contribution is 5.68. The Bertz CT molecular complexity index is 940. The topological polar surface area (TPSA) is 92.9 Å². The average molecular weight is 424 g/mol. The molecule has 1 N–H and O–H groups in total. The zero-order valence-corrected chi connectivity index (χ0v) is 15.8. The van der Waals surface area contributed by atoms with Crippen LogP contribution < -0.4 is 0 Å². The van der Waals surface area contributed by atoms with Gasteiger partial charge in [-0.3, -0.25) is 10.1 Å². The molecule has 1 fully saturated rings. The first-order chi connectivity index (χ1) is 14.1. The molecule has 10 heteroatoms. The molecule has 0 unspecified atom stereocenters. The highest BCUT2D eigenvalue weighted by Crippen LogP contribution is 2.37. The lowest BCUT2D eigenvalue weighted by atomic mass is 9.84. The molecule has 0 aliphatic carbocycles. The lowest BCUT2D eigenvalue weighted by Crippen LogP contribution is -2.45. The second-order valence-corrected chi connectivity index (χ2v) is 7.04. The molecule has 0 spiro atoms. The van der Waals surface area contributed by atoms with E-state index >= 15 is 0 Å². The van der Waals surface area contributed by atoms with Gasteiger partial charge in [-0.1, -0.05) is 24.3 Å². The molecule has 1 aliphatic heterocycles. The van der Waals surface area contributed by atoms with E-state index in [0.29, 0.717) is 0 Å². The van der Waals surface area contributed by atoms with Crippen molar-refractivity contribution >= 4 is 11.8 Å². The number of carbonyl (C=O) groups is 1. The first-order valence-corrected chi connectivity index (χ1v) is 9.14. The summed E-state index contributed by atoms with van der Waals surface area (Å²) in [5.41, 5.74) is -2.11. The van der Waals surface area contributed by atoms with Crippen LogP contribution in [0.4, 0.5) is 23.7 Å². The minimum absolute atomic E-state index is 0.0366. The summed E-state index contributed by atoms with van der Waals surface area (Å²) in [5.74, 6) is 0. The van der Waals surface area contributed by atoms with E-state index in [4.69, 9.17) is 4.74 Å². The number of amides is 1. The molecule has 0 radical (unpaired) electrons. The second kappa shape index (κ2) is 8.31. The Morgan fingerprint density at radius 2 is 1.83 bits per heavy atom. The molecule has 1 heterocycles. The van der Waals surface area contributed by atoms with E-state index in [9.17, 15) is 33.2 Å². The minimum Gasteiger partial charge on any atom is -0.444 e. The summed E-state index contributed by atoms with van der Waals surface area (Å²) >= 11 is 0. The molecule has 2 aromatic rings. The fourth-order valence-corrected chi connectivity index (χ4v) is 3.37. The SMILES string of the molecule is O=C(OCc1ccccc1[N+](=O)[O-])N1CCC(O)(c2cccc(C(F)(F)F)c2)CC1. The van der Waals surface area contributed by atoms with Crippen molar-refractivity contribution in [3.05, 3.63) is 75.3 Å². The van der Waals surface area contributed by atoms with Crippen molar-refractivity contribution in [3.8, 4) is 0 Å². The van der Waals surface area contributed by atoms with Gasteiger partial charge in [0.15, 0.2) is 0 Å². The largest absolute Gasteiger partial charge is 0.444 e. The number of nitrogens with zero attached hydrogens (tertiary/aromatic N) is 2. The molecular weight excluding hydrogens is 405 g/mol. The van der Waals surface area contributed by atoms with Gasteiger partial charge in [0, 0.05) is 19.2 Å². The van der Waals surface area contributed by atoms with Crippen LogP contribution in [0.25, 0.3) is 0 Å². The van der Waals surface area contributed by atoms with E-state index < -0.39 is 28.4 Å². The number of nitro benzene ring substituents is 1. The van der Waals surface area contributed by atoms with Crippen LogP contribution in [0.2, 0.25) is 0 Å². The number of rotatable bonds is 4. The zero-order chi connectivity index (χ0) is 21.9. The third-order valence-electron chi connectivity index (χ3n) is 5.12. The summed E-state index contributed by atoms with van der Waals surface area (Å²) in [5, 5.41) is 21.8. The first-order valence-electron chi connectivity index (χ1n) is 9.14. The second-order valence-electron chi connectivity index (χ2n) is 7.04. The molecule has 0 saturated carbocycles. The van der Waals surface area contributed by atoms with E-state index in [-0.39, 0.29) is 49.4 Å². The summed E-state index contributed by atoms with van der Waals surface area (Å²) in [4.78, 5) is 24.1. The Labute approximate surface area is 169 Å². The van der Waals surface area contributed by atoms with Gasteiger partial charge in [0.25, 0.3) is 5.69 Å². The van der Waals surface area contributed by atoms with Gasteiger partial charge in [0.1, 0.15) is 6.61 Å². The van der Waals surface area contributed by atoms with Gasteiger partial charge in [-0.05, 0) is 36.6 Å². The summed E-state index contributed by atoms with van der Waals surface area (Å²) in [6.07, 6.45) is -5.15. The van der Waals surface area contributed by atoms with Crippen LogP contribution in [0.15, 0.2) is 48.5 Å². The summed E-state index contributed by atoms with van der Waals surface area (Å²) < 4.78 is 44.0. The van der Waals surface area contributed by atoms with Crippen LogP contribution in [0.3, 0.4) is 0 Å². The Hall–Kier alpha value is -3.14. The molecule has 30 heavy (non-hydrogen) atoms. The smallest absolute Gasteiger partial charge is 0.416 e. The molecule has 0 atom stereocenters. The summed E-state index contributed by atoms with van der Waals surface area (Å²) in [6.45, 7) is -0.144. The van der Waals surface area contributed by atoms with Gasteiger partial charge in [0.2, 0.25) is 0 Å². The van der Waals surface area contributed by atoms with Crippen molar-refractivity contribution in [2.75, 3.05) is 13.1 Å². The number of benzene rings is 2. The van der Waals surface area contributed by atoms with Gasteiger partial charge in [-0.25, -0.2) is 4.79 Å². The van der Waals surface area contributed by atoms with Crippen LogP contribution >= 0.6 is 0 Å². The van der Waals surface area contributed by atoms with E-state index in [0.717, 1.165) is 12.1 Å². The maximum atomic E-state index is 12.9. The molecule has 2 aromatic carbocycles. The standard InChI is InChI=1S/C20H19F3N2O5/c21-20(22,23)16-6-3-5-15(12-16)19(27)8-10-24(11-9-19)18(26)30-13-14-4-1-2-7-17(14)25(28)29/h1-7,12,27H,8-11,13H2. The van der Waals surface area contributed by atoms with Gasteiger partial charge in [-0.15, -0.1) is 0 Å². The summed E-state index contributed by atoms with van der Waals surface area (Å²) in [7, 11) is 0. The van der Waals surface area contributed by atoms with Crippen molar-refractivity contribution in [1.29, 1.82) is 0 Å². The number of halogens is 3. The van der Waals surface area contributed by atoms with Gasteiger partial charge in [0.05, 0.1) is 21.7 Å². The van der Waals surface area contributed by atoms with E-state index in [1.54, 1.807) is 6.07 Å². The fraction of sp³-hybridized carbons (Fsp3) is 0.350. The maximum Gasteiger partial charge on any atom is 0.416 e. The molecular formula is C20H19F3N2O5. The highest BCUT2D eigenvalue weighted by atomic mass is 19.4. The van der Waals surface area contributed by atoms with Crippen LogP contribution in [0.5, 0.6) is 0 Å². The molecule has 1 aliphatic rings. The molecule has 1 saturated heterocycles. The number of para-hydroxylation sites is 1. The first kappa shape index (κ1) is 21.6. The van der Waals surface area contributed by atoms with E-state index in [1.807, 2.05) is 0 Å². The van der Waals surface area contributed by atoms with Crippen molar-refractivity contribution in [2.24, 2.45) is 0 Å². The molecule has 7 nitrogen and oxygen atoms in total. The van der Waals surface area contributed by atoms with Crippen LogP contribution in [0, 0.1) is 10.1 Å². The molecule has 0 bridgehead atoms. The third kappa shape index (κ3) is 4.70. The number of likely N-dealkylation sites (tertiary alicyclic amines) is 1. The number of hydrogen-bond donors (Lipinski definition) is 1. The number of nitro groups is 1. The number of hydrogen-bond acceptors (Lipinski definition) is 5. The third-order valence-corrected chi connectivity index (χ3v) is 5.12. The number of piperidine rings is 1. The van der Waals surface area contributed by atoms with Crippen LogP contribution in [-0.4, -0.2) is 34.1 Å². The lowest BCUT2D eigenvalue weighted by molar-refractivity contribution is -0.385. The predicted octanol–water partition coefficient (Wildman–Crippen LogP) is 4.23. The summed E-state index contributed by atoms with van der Waals surface area (Å²) in [6, 6.07) is 10.4. The zero-order valence-electron chi connectivity index (χ0n) is 15.8. The van der Waals surface area contributed by atoms with Crippen molar-refractivity contribution < 1.29 is 32.7 Å². The normalized spacial score (nSPS) is 16.2. The highest BCUT2D eigenvalue weighted by Gasteiger charge is 2.38. The number of alkyl halides is 3. The van der Waals surface area contributed by atoms with Gasteiger partial charge < -0.3 is 14.7 Å². The van der Waals surface area contributed by atoms with Gasteiger partial charge >= 0.3 is 12.3 Å². The van der Waals surface area contributed by atoms with Gasteiger partial charge in [-0.2, -0.15) is 13.2 Å². The fourth-order valence-electron chi connectivity index (χ4n) is 3.37. The Balaban J connectivity index is 1.61. The monoisotopic (exact) mass is 424 g/mol. The lowest BCUT2D eigenvalue weighted by Gasteiger charge is -2.38. The number of carbonyl (C=O) groups excluding carboxylic acids is 1. The molecule has 1 amide bonds. The Kier molecular flexibility index (Phi) is 5.97. The van der Waals surface area contributed by atoms with Crippen molar-refractivity contribution in [2.45, 2.75) is 31.2 Å². The predicted molar refractivity (Wildman–Crippen MR) is 99.4 cm³/mol. The van der Waals surface area contributed by atoms with Crippen molar-refractivity contribution in [1.82, 2.24) is 4.90 Å². The Morgan fingerprint density at radius 3 is 2.47 bits per heavy atom.